The minimum Gasteiger partial charge on any atom is -0.306 e. The summed E-state index contributed by atoms with van der Waals surface area (Å²) >= 11 is 3.38. The Morgan fingerprint density at radius 2 is 2.24 bits per heavy atom. The predicted molar refractivity (Wildman–Crippen MR) is 73.2 cm³/mol. The first-order valence-electron chi connectivity index (χ1n) is 5.73. The Morgan fingerprint density at radius 3 is 2.76 bits per heavy atom. The Hall–Kier alpha value is -0.850. The molecule has 1 aromatic carbocycles. The van der Waals surface area contributed by atoms with Crippen molar-refractivity contribution in [3.8, 4) is 12.3 Å². The lowest BCUT2D eigenvalue weighted by atomic mass is 10.1. The summed E-state index contributed by atoms with van der Waals surface area (Å²) in [5.74, 6) is 2.43. The largest absolute Gasteiger partial charge is 0.306 e. The van der Waals surface area contributed by atoms with Crippen molar-refractivity contribution in [2.75, 3.05) is 0 Å². The van der Waals surface area contributed by atoms with Crippen molar-refractivity contribution in [1.29, 1.82) is 0 Å². The highest BCUT2D eigenvalue weighted by Gasteiger charge is 2.13. The molecule has 0 aromatic heterocycles. The summed E-state index contributed by atoms with van der Waals surface area (Å²) in [6.45, 7) is 4.15. The summed E-state index contributed by atoms with van der Waals surface area (Å²) in [4.78, 5) is 0. The summed E-state index contributed by atoms with van der Waals surface area (Å²) in [6.07, 6.45) is 7.01. The van der Waals surface area contributed by atoms with E-state index >= 15 is 0 Å². The van der Waals surface area contributed by atoms with Gasteiger partial charge in [0.25, 0.3) is 0 Å². The fourth-order valence-corrected chi connectivity index (χ4v) is 2.45. The average Bonchev–Trinajstić information content (AvgIpc) is 2.28. The van der Waals surface area contributed by atoms with Gasteiger partial charge in [-0.05, 0) is 31.0 Å². The van der Waals surface area contributed by atoms with Crippen molar-refractivity contribution in [3.05, 3.63) is 34.1 Å². The molecule has 92 valence electrons. The minimum absolute atomic E-state index is 0.142. The Labute approximate surface area is 111 Å². The molecule has 2 atom stereocenters. The Morgan fingerprint density at radius 1 is 1.53 bits per heavy atom. The van der Waals surface area contributed by atoms with Gasteiger partial charge in [0.05, 0.1) is 0 Å². The summed E-state index contributed by atoms with van der Waals surface area (Å²) in [5.41, 5.74) is 1.04. The quantitative estimate of drug-likeness (QED) is 0.809. The summed E-state index contributed by atoms with van der Waals surface area (Å²) < 4.78 is 13.8. The standard InChI is InChI=1S/C14H17BrFN/c1-4-6-12(5-2)17-10(3)13-8-7-11(16)9-14(13)15/h1,7-10,12,17H,5-6H2,2-3H3. The number of terminal acetylenes is 1. The molecule has 2 unspecified atom stereocenters. The molecular formula is C14H17BrFN. The molecule has 0 bridgehead atoms. The van der Waals surface area contributed by atoms with Crippen LogP contribution in [-0.2, 0) is 0 Å². The van der Waals surface area contributed by atoms with Gasteiger partial charge >= 0.3 is 0 Å². The molecule has 1 nitrogen and oxygen atoms in total. The van der Waals surface area contributed by atoms with Gasteiger partial charge in [0.2, 0.25) is 0 Å². The first-order valence-corrected chi connectivity index (χ1v) is 6.52. The molecule has 17 heavy (non-hydrogen) atoms. The molecule has 0 aliphatic rings. The smallest absolute Gasteiger partial charge is 0.124 e. The molecule has 0 saturated heterocycles. The van der Waals surface area contributed by atoms with E-state index in [0.29, 0.717) is 12.5 Å². The van der Waals surface area contributed by atoms with E-state index in [9.17, 15) is 4.39 Å². The van der Waals surface area contributed by atoms with Gasteiger partial charge in [-0.1, -0.05) is 28.9 Å². The van der Waals surface area contributed by atoms with E-state index in [0.717, 1.165) is 16.5 Å². The predicted octanol–water partition coefficient (Wildman–Crippen LogP) is 4.04. The van der Waals surface area contributed by atoms with E-state index in [1.54, 1.807) is 6.07 Å². The van der Waals surface area contributed by atoms with Crippen molar-refractivity contribution >= 4 is 15.9 Å². The second-order valence-electron chi connectivity index (χ2n) is 4.07. The van der Waals surface area contributed by atoms with Gasteiger partial charge in [-0.2, -0.15) is 0 Å². The molecule has 0 amide bonds. The third-order valence-corrected chi connectivity index (χ3v) is 3.46. The molecule has 1 rings (SSSR count). The molecule has 0 fully saturated rings. The molecule has 0 aliphatic carbocycles. The maximum atomic E-state index is 13.0. The zero-order valence-electron chi connectivity index (χ0n) is 10.1. The third kappa shape index (κ3) is 4.14. The van der Waals surface area contributed by atoms with E-state index in [2.05, 4.69) is 41.0 Å². The van der Waals surface area contributed by atoms with Crippen LogP contribution in [0.5, 0.6) is 0 Å². The Bertz CT molecular complexity index is 411. The zero-order valence-corrected chi connectivity index (χ0v) is 11.7. The Balaban J connectivity index is 2.75. The van der Waals surface area contributed by atoms with Crippen LogP contribution in [0.4, 0.5) is 4.39 Å². The van der Waals surface area contributed by atoms with Gasteiger partial charge in [-0.15, -0.1) is 12.3 Å². The zero-order chi connectivity index (χ0) is 12.8. The highest BCUT2D eigenvalue weighted by atomic mass is 79.9. The van der Waals surface area contributed by atoms with E-state index < -0.39 is 0 Å². The highest BCUT2D eigenvalue weighted by Crippen LogP contribution is 2.24. The van der Waals surface area contributed by atoms with Crippen molar-refractivity contribution in [2.24, 2.45) is 0 Å². The molecule has 1 N–H and O–H groups in total. The average molecular weight is 298 g/mol. The monoisotopic (exact) mass is 297 g/mol. The fraction of sp³-hybridized carbons (Fsp3) is 0.429. The fourth-order valence-electron chi connectivity index (χ4n) is 1.76. The topological polar surface area (TPSA) is 12.0 Å². The van der Waals surface area contributed by atoms with Crippen LogP contribution in [0.1, 0.15) is 38.3 Å². The van der Waals surface area contributed by atoms with Crippen LogP contribution in [-0.4, -0.2) is 6.04 Å². The highest BCUT2D eigenvalue weighted by molar-refractivity contribution is 9.10. The van der Waals surface area contributed by atoms with Crippen molar-refractivity contribution < 1.29 is 4.39 Å². The number of hydrogen-bond acceptors (Lipinski definition) is 1. The summed E-state index contributed by atoms with van der Waals surface area (Å²) in [5, 5.41) is 3.45. The van der Waals surface area contributed by atoms with Gasteiger partial charge in [-0.25, -0.2) is 4.39 Å². The lowest BCUT2D eigenvalue weighted by molar-refractivity contribution is 0.448. The van der Waals surface area contributed by atoms with Crippen molar-refractivity contribution in [1.82, 2.24) is 5.32 Å². The van der Waals surface area contributed by atoms with Gasteiger partial charge in [0.1, 0.15) is 5.82 Å². The van der Waals surface area contributed by atoms with Crippen LogP contribution in [0.15, 0.2) is 22.7 Å². The SMILES string of the molecule is C#CCC(CC)NC(C)c1ccc(F)cc1Br. The maximum Gasteiger partial charge on any atom is 0.124 e. The molecular weight excluding hydrogens is 281 g/mol. The minimum atomic E-state index is -0.233. The third-order valence-electron chi connectivity index (χ3n) is 2.77. The van der Waals surface area contributed by atoms with Crippen molar-refractivity contribution in [2.45, 2.75) is 38.8 Å². The lowest BCUT2D eigenvalue weighted by Gasteiger charge is -2.22. The Kier molecular flexibility index (Phi) is 5.67. The second-order valence-corrected chi connectivity index (χ2v) is 4.92. The molecule has 0 heterocycles. The number of hydrogen-bond donors (Lipinski definition) is 1. The maximum absolute atomic E-state index is 13.0. The van der Waals surface area contributed by atoms with Gasteiger partial charge in [-0.3, -0.25) is 0 Å². The summed E-state index contributed by atoms with van der Waals surface area (Å²) in [6, 6.07) is 5.19. The first-order chi connectivity index (χ1) is 8.08. The van der Waals surface area contributed by atoms with Crippen LogP contribution < -0.4 is 5.32 Å². The summed E-state index contributed by atoms with van der Waals surface area (Å²) in [7, 11) is 0. The molecule has 1 aromatic rings. The normalized spacial score (nSPS) is 14.1. The van der Waals surface area contributed by atoms with Gasteiger partial charge in [0.15, 0.2) is 0 Å². The molecule has 0 aliphatic heterocycles. The van der Waals surface area contributed by atoms with Gasteiger partial charge < -0.3 is 5.32 Å². The number of nitrogens with one attached hydrogen (secondary N) is 1. The van der Waals surface area contributed by atoms with Crippen LogP contribution in [0.25, 0.3) is 0 Å². The van der Waals surface area contributed by atoms with Gasteiger partial charge in [0, 0.05) is 23.0 Å². The molecule has 0 radical (unpaired) electrons. The van der Waals surface area contributed by atoms with Crippen LogP contribution in [0.3, 0.4) is 0 Å². The molecule has 0 saturated carbocycles. The van der Waals surface area contributed by atoms with Crippen molar-refractivity contribution in [3.63, 3.8) is 0 Å². The van der Waals surface area contributed by atoms with E-state index in [1.165, 1.54) is 12.1 Å². The van der Waals surface area contributed by atoms with Crippen LogP contribution >= 0.6 is 15.9 Å². The van der Waals surface area contributed by atoms with Crippen LogP contribution in [0, 0.1) is 18.2 Å². The van der Waals surface area contributed by atoms with E-state index in [-0.39, 0.29) is 11.9 Å². The molecule has 3 heteroatoms. The molecule has 0 spiro atoms. The van der Waals surface area contributed by atoms with Crippen LogP contribution in [0.2, 0.25) is 0 Å². The second kappa shape index (κ2) is 6.78. The number of rotatable bonds is 5. The van der Waals surface area contributed by atoms with E-state index in [4.69, 9.17) is 6.42 Å². The number of halogens is 2. The van der Waals surface area contributed by atoms with E-state index in [1.807, 2.05) is 0 Å². The number of benzene rings is 1. The first kappa shape index (κ1) is 14.2. The lowest BCUT2D eigenvalue weighted by Crippen LogP contribution is -2.30.